The van der Waals surface area contributed by atoms with Crippen molar-refractivity contribution in [1.82, 2.24) is 0 Å². The SMILES string of the molecule is C=CC(=O)OC1(C2(C3(OC(=O)C=C)C(OCC)=C(OCC)C(C)=C(CC)C3OCC)c3ccccc3-c3ccccc32)C(OCC)=C(OCC)C(C)=C(CC)C1OCC. The van der Waals surface area contributed by atoms with Crippen LogP contribution < -0.4 is 0 Å². The number of rotatable bonds is 20. The molecule has 59 heavy (non-hydrogen) atoms. The summed E-state index contributed by atoms with van der Waals surface area (Å²) in [5, 5.41) is 0. The Balaban J connectivity index is 2.35. The van der Waals surface area contributed by atoms with Crippen molar-refractivity contribution >= 4 is 11.9 Å². The summed E-state index contributed by atoms with van der Waals surface area (Å²) in [7, 11) is 0. The minimum absolute atomic E-state index is 0.137. The van der Waals surface area contributed by atoms with E-state index in [0.29, 0.717) is 35.5 Å². The van der Waals surface area contributed by atoms with Gasteiger partial charge >= 0.3 is 11.9 Å². The number of fused-ring (bicyclic) bond motifs is 3. The Morgan fingerprint density at radius 3 is 1.22 bits per heavy atom. The summed E-state index contributed by atoms with van der Waals surface area (Å²) in [6.07, 6.45) is 1.02. The van der Waals surface area contributed by atoms with Crippen LogP contribution in [0, 0.1) is 0 Å². The molecule has 3 aliphatic rings. The normalized spacial score (nSPS) is 23.4. The molecule has 0 aromatic heterocycles. The lowest BCUT2D eigenvalue weighted by Gasteiger charge is -2.62. The van der Waals surface area contributed by atoms with Crippen molar-refractivity contribution in [2.45, 2.75) is 111 Å². The molecule has 2 aromatic carbocycles. The maximum absolute atomic E-state index is 14.7. The Kier molecular flexibility index (Phi) is 14.4. The molecule has 5 rings (SSSR count). The van der Waals surface area contributed by atoms with Gasteiger partial charge < -0.3 is 37.9 Å². The molecule has 0 aliphatic heterocycles. The van der Waals surface area contributed by atoms with Crippen LogP contribution in [0.15, 0.2) is 119 Å². The van der Waals surface area contributed by atoms with Gasteiger partial charge in [-0.3, -0.25) is 0 Å². The Labute approximate surface area is 350 Å². The van der Waals surface area contributed by atoms with E-state index in [0.717, 1.165) is 45.6 Å². The predicted octanol–water partition coefficient (Wildman–Crippen LogP) is 9.75. The number of carbonyl (C=O) groups is 2. The van der Waals surface area contributed by atoms with Gasteiger partial charge in [0.15, 0.2) is 23.0 Å². The molecule has 4 atom stereocenters. The fraction of sp³-hybridized carbons (Fsp3) is 0.469. The van der Waals surface area contributed by atoms with E-state index < -0.39 is 40.8 Å². The molecule has 0 radical (unpaired) electrons. The third kappa shape index (κ3) is 6.72. The van der Waals surface area contributed by atoms with E-state index in [2.05, 4.69) is 13.2 Å². The van der Waals surface area contributed by atoms with Crippen LogP contribution in [0.1, 0.15) is 93.2 Å². The first kappa shape index (κ1) is 45.0. The van der Waals surface area contributed by atoms with Crippen LogP contribution in [-0.4, -0.2) is 75.0 Å². The first-order chi connectivity index (χ1) is 28.5. The highest BCUT2D eigenvalue weighted by molar-refractivity contribution is 5.89. The van der Waals surface area contributed by atoms with Crippen molar-refractivity contribution in [2.75, 3.05) is 39.6 Å². The maximum Gasteiger partial charge on any atom is 0.331 e. The summed E-state index contributed by atoms with van der Waals surface area (Å²) in [6.45, 7) is 28.3. The molecule has 3 aliphatic carbocycles. The van der Waals surface area contributed by atoms with Gasteiger partial charge in [-0.15, -0.1) is 0 Å². The smallest absolute Gasteiger partial charge is 0.331 e. The van der Waals surface area contributed by atoms with Crippen LogP contribution in [0.2, 0.25) is 0 Å². The fourth-order valence-corrected chi connectivity index (χ4v) is 9.83. The van der Waals surface area contributed by atoms with Gasteiger partial charge in [-0.05, 0) is 113 Å². The monoisotopic (exact) mass is 810 g/mol. The van der Waals surface area contributed by atoms with E-state index >= 15 is 0 Å². The van der Waals surface area contributed by atoms with Crippen LogP contribution in [0.5, 0.6) is 0 Å². The quantitative estimate of drug-likeness (QED) is 0.0948. The van der Waals surface area contributed by atoms with Gasteiger partial charge in [0.25, 0.3) is 0 Å². The number of hydrogen-bond donors (Lipinski definition) is 0. The average Bonchev–Trinajstić information content (AvgIpc) is 3.55. The lowest BCUT2D eigenvalue weighted by atomic mass is 9.48. The number of ether oxygens (including phenoxy) is 8. The van der Waals surface area contributed by atoms with Gasteiger partial charge in [0, 0.05) is 25.4 Å². The maximum atomic E-state index is 14.7. The van der Waals surface area contributed by atoms with Crippen LogP contribution in [0.25, 0.3) is 11.1 Å². The molecule has 0 bridgehead atoms. The lowest BCUT2D eigenvalue weighted by molar-refractivity contribution is -0.236. The van der Waals surface area contributed by atoms with E-state index in [4.69, 9.17) is 37.9 Å². The Bertz CT molecular complexity index is 1910. The van der Waals surface area contributed by atoms with Gasteiger partial charge in [0.1, 0.15) is 17.6 Å². The molecule has 0 saturated carbocycles. The van der Waals surface area contributed by atoms with Crippen molar-refractivity contribution in [1.29, 1.82) is 0 Å². The molecule has 10 heteroatoms. The van der Waals surface area contributed by atoms with Crippen molar-refractivity contribution in [3.05, 3.63) is 130 Å². The van der Waals surface area contributed by atoms with E-state index in [1.165, 1.54) is 0 Å². The lowest BCUT2D eigenvalue weighted by Crippen LogP contribution is -2.78. The molecule has 0 N–H and O–H groups in total. The van der Waals surface area contributed by atoms with Crippen LogP contribution >= 0.6 is 0 Å². The Morgan fingerprint density at radius 1 is 0.559 bits per heavy atom. The van der Waals surface area contributed by atoms with Crippen LogP contribution in [-0.2, 0) is 52.9 Å². The standard InChI is InChI=1S/C49H62O10/c1-13-33-31(11)41(52-17-5)45(56-21-9)48(43(33)54-19-7,58-39(50)15-3)47(37-29-25-23-27-35(37)36-28-24-26-30-38(36)47)49(59-40(51)16-4)44(55-20-8)34(14-2)32(12)42(53-18-6)46(49)57-22-10/h15-16,23-30,43-44H,3-4,13-14,17-22H2,1-2,5-12H3. The summed E-state index contributed by atoms with van der Waals surface area (Å²) in [5.41, 5.74) is -0.108. The molecule has 0 saturated heterocycles. The zero-order chi connectivity index (χ0) is 43.1. The third-order valence-corrected chi connectivity index (χ3v) is 11.6. The zero-order valence-corrected chi connectivity index (χ0v) is 36.6. The Hall–Kier alpha value is -5.06. The van der Waals surface area contributed by atoms with Crippen molar-refractivity contribution in [3.63, 3.8) is 0 Å². The summed E-state index contributed by atoms with van der Waals surface area (Å²) in [6, 6.07) is 15.8. The molecule has 0 amide bonds. The second-order valence-corrected chi connectivity index (χ2v) is 14.3. The van der Waals surface area contributed by atoms with Crippen LogP contribution in [0.4, 0.5) is 0 Å². The molecule has 0 fully saturated rings. The number of hydrogen-bond acceptors (Lipinski definition) is 10. The van der Waals surface area contributed by atoms with Crippen LogP contribution in [0.3, 0.4) is 0 Å². The highest BCUT2D eigenvalue weighted by atomic mass is 16.6. The summed E-state index contributed by atoms with van der Waals surface area (Å²) in [4.78, 5) is 29.4. The minimum Gasteiger partial charge on any atom is -0.490 e. The molecule has 0 spiro atoms. The van der Waals surface area contributed by atoms with Crippen molar-refractivity contribution < 1.29 is 47.5 Å². The largest absolute Gasteiger partial charge is 0.490 e. The first-order valence-corrected chi connectivity index (χ1v) is 21.1. The molecule has 10 nitrogen and oxygen atoms in total. The first-order valence-electron chi connectivity index (χ1n) is 21.1. The van der Waals surface area contributed by atoms with E-state index in [1.54, 1.807) is 0 Å². The van der Waals surface area contributed by atoms with E-state index in [9.17, 15) is 9.59 Å². The summed E-state index contributed by atoms with van der Waals surface area (Å²) in [5.74, 6) is -0.435. The molecule has 0 heterocycles. The number of carbonyl (C=O) groups excluding carboxylic acids is 2. The fourth-order valence-electron chi connectivity index (χ4n) is 9.83. The van der Waals surface area contributed by atoms with Gasteiger partial charge in [-0.1, -0.05) is 75.5 Å². The summed E-state index contributed by atoms with van der Waals surface area (Å²) < 4.78 is 55.8. The predicted molar refractivity (Wildman–Crippen MR) is 228 cm³/mol. The summed E-state index contributed by atoms with van der Waals surface area (Å²) >= 11 is 0. The van der Waals surface area contributed by atoms with E-state index in [1.807, 2.05) is 118 Å². The van der Waals surface area contributed by atoms with E-state index in [-0.39, 0.29) is 51.2 Å². The molecular weight excluding hydrogens is 749 g/mol. The van der Waals surface area contributed by atoms with Crippen molar-refractivity contribution in [3.8, 4) is 11.1 Å². The van der Waals surface area contributed by atoms with Gasteiger partial charge in [-0.2, -0.15) is 0 Å². The highest BCUT2D eigenvalue weighted by Gasteiger charge is 2.82. The molecule has 2 aromatic rings. The van der Waals surface area contributed by atoms with Gasteiger partial charge in [-0.25, -0.2) is 9.59 Å². The second kappa shape index (κ2) is 18.9. The number of benzene rings is 2. The van der Waals surface area contributed by atoms with Gasteiger partial charge in [0.2, 0.25) is 11.2 Å². The topological polar surface area (TPSA) is 108 Å². The zero-order valence-electron chi connectivity index (χ0n) is 36.6. The Morgan fingerprint density at radius 2 is 0.915 bits per heavy atom. The minimum atomic E-state index is -2.11. The van der Waals surface area contributed by atoms with Gasteiger partial charge in [0.05, 0.1) is 26.4 Å². The highest BCUT2D eigenvalue weighted by Crippen LogP contribution is 2.70. The molecule has 318 valence electrons. The average molecular weight is 811 g/mol. The molecule has 4 unspecified atom stereocenters. The second-order valence-electron chi connectivity index (χ2n) is 14.3. The third-order valence-electron chi connectivity index (χ3n) is 11.6. The number of esters is 2. The molecular formula is C49H62O10. The van der Waals surface area contributed by atoms with Crippen molar-refractivity contribution in [2.24, 2.45) is 0 Å². The number of allylic oxidation sites excluding steroid dienone is 2.